The third kappa shape index (κ3) is 4.03. The van der Waals surface area contributed by atoms with E-state index in [2.05, 4.69) is 0 Å². The van der Waals surface area contributed by atoms with Crippen LogP contribution in [0.15, 0.2) is 24.3 Å². The number of nitrogens with zero attached hydrogens (tertiary/aromatic N) is 1. The lowest BCUT2D eigenvalue weighted by Gasteiger charge is -2.37. The van der Waals surface area contributed by atoms with E-state index in [-0.39, 0.29) is 18.5 Å². The molecule has 0 aliphatic carbocycles. The first-order valence-electron chi connectivity index (χ1n) is 8.04. The van der Waals surface area contributed by atoms with Crippen molar-refractivity contribution >= 4 is 17.6 Å². The fraction of sp³-hybridized carbons (Fsp3) is 0.588. The van der Waals surface area contributed by atoms with Crippen LogP contribution in [0.1, 0.15) is 18.9 Å². The molecule has 2 saturated heterocycles. The number of esters is 1. The molecule has 1 aromatic carbocycles. The summed E-state index contributed by atoms with van der Waals surface area (Å²) < 4.78 is 12.0. The molecule has 1 aromatic rings. The van der Waals surface area contributed by atoms with Crippen molar-refractivity contribution in [2.75, 3.05) is 39.4 Å². The third-order valence-corrected chi connectivity index (χ3v) is 5.27. The van der Waals surface area contributed by atoms with Crippen molar-refractivity contribution in [3.63, 3.8) is 0 Å². The number of ether oxygens (including phenoxy) is 2. The van der Waals surface area contributed by atoms with Crippen LogP contribution in [-0.2, 0) is 19.9 Å². The number of morpholine rings is 1. The van der Waals surface area contributed by atoms with Gasteiger partial charge in [0, 0.05) is 11.4 Å². The molecule has 2 heterocycles. The Kier molecular flexibility index (Phi) is 6.15. The van der Waals surface area contributed by atoms with E-state index in [1.54, 1.807) is 24.3 Å². The van der Waals surface area contributed by atoms with Crippen molar-refractivity contribution in [1.29, 1.82) is 0 Å². The molecule has 2 fully saturated rings. The number of hydrogen-bond donors (Lipinski definition) is 1. The smallest absolute Gasteiger partial charge is 0.343 e. The van der Waals surface area contributed by atoms with Crippen molar-refractivity contribution < 1.29 is 36.3 Å². The van der Waals surface area contributed by atoms with Gasteiger partial charge in [-0.15, -0.1) is 0 Å². The second kappa shape index (κ2) is 7.58. The first kappa shape index (κ1) is 19.5. The molecule has 1 spiro atoms. The lowest BCUT2D eigenvalue weighted by atomic mass is 9.96. The van der Waals surface area contributed by atoms with Gasteiger partial charge in [0.25, 0.3) is 0 Å². The molecular weight excluding hydrogens is 353 g/mol. The highest BCUT2D eigenvalue weighted by Gasteiger charge is 2.43. The molecule has 7 heteroatoms. The normalized spacial score (nSPS) is 24.9. The number of hydrogen-bond acceptors (Lipinski definition) is 4. The highest BCUT2D eigenvalue weighted by molar-refractivity contribution is 6.30. The van der Waals surface area contributed by atoms with Crippen molar-refractivity contribution in [1.82, 2.24) is 0 Å². The van der Waals surface area contributed by atoms with E-state index in [0.717, 1.165) is 50.3 Å². The maximum Gasteiger partial charge on any atom is 0.343 e. The lowest BCUT2D eigenvalue weighted by Crippen LogP contribution is -3.00. The number of halogens is 2. The van der Waals surface area contributed by atoms with E-state index in [9.17, 15) is 9.90 Å². The quantitative estimate of drug-likeness (QED) is 0.527. The second-order valence-corrected chi connectivity index (χ2v) is 7.14. The van der Waals surface area contributed by atoms with Crippen LogP contribution in [0.3, 0.4) is 0 Å². The Morgan fingerprint density at radius 1 is 1.29 bits per heavy atom. The highest BCUT2D eigenvalue weighted by Crippen LogP contribution is 2.28. The summed E-state index contributed by atoms with van der Waals surface area (Å²) in [7, 11) is 0. The van der Waals surface area contributed by atoms with Gasteiger partial charge in [-0.2, -0.15) is 0 Å². The summed E-state index contributed by atoms with van der Waals surface area (Å²) >= 11 is 5.85. The monoisotopic (exact) mass is 375 g/mol. The topological polar surface area (TPSA) is 55.8 Å². The molecule has 0 radical (unpaired) electrons. The minimum absolute atomic E-state index is 0. The zero-order chi connectivity index (χ0) is 16.5. The maximum absolute atomic E-state index is 12.4. The number of rotatable bonds is 3. The fourth-order valence-electron chi connectivity index (χ4n) is 3.42. The van der Waals surface area contributed by atoms with Gasteiger partial charge in [-0.25, -0.2) is 4.79 Å². The van der Waals surface area contributed by atoms with Crippen molar-refractivity contribution in [2.24, 2.45) is 0 Å². The first-order chi connectivity index (χ1) is 10.9. The molecule has 5 nitrogen and oxygen atoms in total. The largest absolute Gasteiger partial charge is 1.00 e. The van der Waals surface area contributed by atoms with Crippen molar-refractivity contribution in [3.8, 4) is 0 Å². The van der Waals surface area contributed by atoms with Gasteiger partial charge in [-0.3, -0.25) is 0 Å². The lowest BCUT2D eigenvalue weighted by molar-refractivity contribution is -0.925. The van der Waals surface area contributed by atoms with Crippen LogP contribution >= 0.6 is 11.6 Å². The predicted octanol–water partition coefficient (Wildman–Crippen LogP) is -1.29. The summed E-state index contributed by atoms with van der Waals surface area (Å²) in [5.41, 5.74) is -1.18. The molecule has 134 valence electrons. The van der Waals surface area contributed by atoms with Gasteiger partial charge in [0.15, 0.2) is 11.7 Å². The number of carbonyl (C=O) groups excluding carboxylic acids is 1. The zero-order valence-corrected chi connectivity index (χ0v) is 15.2. The van der Waals surface area contributed by atoms with Gasteiger partial charge in [-0.05, 0) is 24.6 Å². The van der Waals surface area contributed by atoms with E-state index in [4.69, 9.17) is 21.1 Å². The summed E-state index contributed by atoms with van der Waals surface area (Å²) in [5.74, 6) is -0.599. The van der Waals surface area contributed by atoms with E-state index in [1.807, 2.05) is 0 Å². The Morgan fingerprint density at radius 2 is 1.92 bits per heavy atom. The van der Waals surface area contributed by atoms with Crippen LogP contribution in [0.25, 0.3) is 0 Å². The van der Waals surface area contributed by atoms with Crippen LogP contribution in [-0.4, -0.2) is 61.1 Å². The minimum Gasteiger partial charge on any atom is -1.00 e. The molecule has 24 heavy (non-hydrogen) atoms. The van der Waals surface area contributed by atoms with E-state index in [1.165, 1.54) is 6.92 Å². The number of benzene rings is 1. The van der Waals surface area contributed by atoms with Crippen LogP contribution in [0.4, 0.5) is 0 Å². The maximum atomic E-state index is 12.4. The van der Waals surface area contributed by atoms with Crippen LogP contribution in [0, 0.1) is 0 Å². The van der Waals surface area contributed by atoms with Crippen LogP contribution in [0.5, 0.6) is 0 Å². The van der Waals surface area contributed by atoms with E-state index in [0.29, 0.717) is 10.6 Å². The summed E-state index contributed by atoms with van der Waals surface area (Å²) in [6.07, 6.45) is 0.696. The molecule has 3 rings (SSSR count). The van der Waals surface area contributed by atoms with Crippen LogP contribution in [0.2, 0.25) is 5.02 Å². The molecule has 2 aliphatic rings. The van der Waals surface area contributed by atoms with Gasteiger partial charge in [0.05, 0.1) is 19.8 Å². The molecule has 0 amide bonds. The molecule has 2 unspecified atom stereocenters. The van der Waals surface area contributed by atoms with Gasteiger partial charge in [-0.1, -0.05) is 23.7 Å². The SMILES string of the molecule is CC(O)(C(=O)OC1CC[N+]2(CCOCC2)C1)c1ccc(Cl)cc1.[Cl-]. The van der Waals surface area contributed by atoms with Crippen molar-refractivity contribution in [3.05, 3.63) is 34.9 Å². The Balaban J connectivity index is 0.00000208. The fourth-order valence-corrected chi connectivity index (χ4v) is 3.55. The Hall–Kier alpha value is -0.850. The Labute approximate surface area is 153 Å². The van der Waals surface area contributed by atoms with E-state index >= 15 is 0 Å². The van der Waals surface area contributed by atoms with Crippen molar-refractivity contribution in [2.45, 2.75) is 25.0 Å². The average molecular weight is 376 g/mol. The summed E-state index contributed by atoms with van der Waals surface area (Å²) in [4.78, 5) is 12.4. The Bertz CT molecular complexity index is 570. The predicted molar refractivity (Wildman–Crippen MR) is 86.1 cm³/mol. The summed E-state index contributed by atoms with van der Waals surface area (Å²) in [5, 5.41) is 11.1. The molecule has 0 saturated carbocycles. The van der Waals surface area contributed by atoms with Gasteiger partial charge < -0.3 is 31.5 Å². The summed E-state index contributed by atoms with van der Waals surface area (Å²) in [6, 6.07) is 6.60. The third-order valence-electron chi connectivity index (χ3n) is 5.01. The first-order valence-corrected chi connectivity index (χ1v) is 8.41. The second-order valence-electron chi connectivity index (χ2n) is 6.70. The highest BCUT2D eigenvalue weighted by atomic mass is 35.5. The minimum atomic E-state index is -1.66. The van der Waals surface area contributed by atoms with Gasteiger partial charge in [0.1, 0.15) is 19.6 Å². The Morgan fingerprint density at radius 3 is 2.54 bits per heavy atom. The molecular formula is C17H23Cl2NO4. The molecule has 0 aromatic heterocycles. The summed E-state index contributed by atoms with van der Waals surface area (Å²) in [6.45, 7) is 6.76. The number of quaternary nitrogens is 1. The number of aliphatic hydroxyl groups is 1. The van der Waals surface area contributed by atoms with Gasteiger partial charge in [0.2, 0.25) is 0 Å². The van der Waals surface area contributed by atoms with Gasteiger partial charge >= 0.3 is 5.97 Å². The van der Waals surface area contributed by atoms with Crippen LogP contribution < -0.4 is 12.4 Å². The molecule has 2 aliphatic heterocycles. The number of carbonyl (C=O) groups is 1. The van der Waals surface area contributed by atoms with E-state index < -0.39 is 11.6 Å². The molecule has 1 N–H and O–H groups in total. The standard InChI is InChI=1S/C17H23ClNO4.ClH/c1-17(21,13-2-4-14(18)5-3-13)16(20)23-15-6-7-19(12-15)8-10-22-11-9-19;/h2-5,15,21H,6-12H2,1H3;1H/q+1;/p-1. The molecule has 2 atom stereocenters. The zero-order valence-electron chi connectivity index (χ0n) is 13.7. The average Bonchev–Trinajstić information content (AvgIpc) is 2.90. The molecule has 0 bridgehead atoms.